The number of methoxy groups -OCH3 is 1. The number of aromatic carboxylic acids is 1. The lowest BCUT2D eigenvalue weighted by Gasteiger charge is -2.32. The molecule has 0 aliphatic carbocycles. The lowest BCUT2D eigenvalue weighted by molar-refractivity contribution is 0.0693. The molecule has 2 aromatic rings. The van der Waals surface area contributed by atoms with E-state index in [1.807, 2.05) is 20.8 Å². The van der Waals surface area contributed by atoms with Crippen molar-refractivity contribution in [2.24, 2.45) is 5.41 Å². The highest BCUT2D eigenvalue weighted by atomic mass is 16.5. The standard InChI is InChI=1S/C23H26N2O6/c1-23(2,3)21-13-31-20-10-19(30-7-5-6-29-4)14(11-24)8-15(20)17-9-18(26)16(22(27)28)12-25(17)21/h8-10,12,21H,5-7,13H2,1-4H3,(H,27,28)/t21-/m0/s1. The lowest BCUT2D eigenvalue weighted by atomic mass is 9.86. The highest BCUT2D eigenvalue weighted by Crippen LogP contribution is 2.43. The number of hydrogen-bond donors (Lipinski definition) is 1. The van der Waals surface area contributed by atoms with Gasteiger partial charge < -0.3 is 23.9 Å². The van der Waals surface area contributed by atoms with Crippen LogP contribution in [0.1, 0.15) is 49.2 Å². The molecule has 0 saturated heterocycles. The highest BCUT2D eigenvalue weighted by molar-refractivity contribution is 5.88. The minimum Gasteiger partial charge on any atom is -0.492 e. The first-order valence-electron chi connectivity index (χ1n) is 10.00. The maximum Gasteiger partial charge on any atom is 0.341 e. The van der Waals surface area contributed by atoms with Crippen molar-refractivity contribution in [2.75, 3.05) is 26.9 Å². The number of fused-ring (bicyclic) bond motifs is 3. The first-order valence-corrected chi connectivity index (χ1v) is 10.00. The van der Waals surface area contributed by atoms with E-state index in [2.05, 4.69) is 6.07 Å². The molecule has 1 aliphatic heterocycles. The molecule has 164 valence electrons. The number of aromatic nitrogens is 1. The van der Waals surface area contributed by atoms with Crippen molar-refractivity contribution in [2.45, 2.75) is 33.2 Å². The van der Waals surface area contributed by atoms with Crippen molar-refractivity contribution in [1.82, 2.24) is 4.57 Å². The minimum absolute atomic E-state index is 0.245. The highest BCUT2D eigenvalue weighted by Gasteiger charge is 2.33. The maximum absolute atomic E-state index is 12.5. The summed E-state index contributed by atoms with van der Waals surface area (Å²) in [4.78, 5) is 24.1. The van der Waals surface area contributed by atoms with E-state index >= 15 is 0 Å². The number of hydrogen-bond acceptors (Lipinski definition) is 6. The fourth-order valence-electron chi connectivity index (χ4n) is 3.57. The predicted molar refractivity (Wildman–Crippen MR) is 114 cm³/mol. The van der Waals surface area contributed by atoms with E-state index in [1.165, 1.54) is 12.3 Å². The Hall–Kier alpha value is -3.31. The summed E-state index contributed by atoms with van der Waals surface area (Å²) in [6.07, 6.45) is 2.04. The van der Waals surface area contributed by atoms with Crippen LogP contribution in [0.3, 0.4) is 0 Å². The number of nitriles is 1. The van der Waals surface area contributed by atoms with Gasteiger partial charge in [-0.25, -0.2) is 4.79 Å². The second-order valence-corrected chi connectivity index (χ2v) is 8.49. The third-order valence-corrected chi connectivity index (χ3v) is 5.27. The fraction of sp³-hybridized carbons (Fsp3) is 0.435. The molecule has 0 unspecified atom stereocenters. The molecule has 1 N–H and O–H groups in total. The molecular weight excluding hydrogens is 400 g/mol. The van der Waals surface area contributed by atoms with Crippen molar-refractivity contribution >= 4 is 5.97 Å². The second kappa shape index (κ2) is 8.82. The van der Waals surface area contributed by atoms with Crippen LogP contribution in [0.5, 0.6) is 11.5 Å². The van der Waals surface area contributed by atoms with Crippen molar-refractivity contribution in [3.8, 4) is 28.8 Å². The molecule has 8 nitrogen and oxygen atoms in total. The maximum atomic E-state index is 12.5. The Labute approximate surface area is 180 Å². The second-order valence-electron chi connectivity index (χ2n) is 8.49. The Morgan fingerprint density at radius 3 is 2.68 bits per heavy atom. The summed E-state index contributed by atoms with van der Waals surface area (Å²) >= 11 is 0. The Morgan fingerprint density at radius 1 is 1.32 bits per heavy atom. The molecule has 0 fully saturated rings. The van der Waals surface area contributed by atoms with Crippen LogP contribution < -0.4 is 14.9 Å². The van der Waals surface area contributed by atoms with Gasteiger partial charge in [-0.05, 0) is 11.5 Å². The zero-order chi connectivity index (χ0) is 22.8. The average Bonchev–Trinajstić information content (AvgIpc) is 2.85. The van der Waals surface area contributed by atoms with E-state index in [-0.39, 0.29) is 23.6 Å². The minimum atomic E-state index is -1.28. The summed E-state index contributed by atoms with van der Waals surface area (Å²) in [6.45, 7) is 7.24. The molecule has 31 heavy (non-hydrogen) atoms. The van der Waals surface area contributed by atoms with Gasteiger partial charge in [0.25, 0.3) is 0 Å². The van der Waals surface area contributed by atoms with Gasteiger partial charge >= 0.3 is 5.97 Å². The summed E-state index contributed by atoms with van der Waals surface area (Å²) in [5.41, 5.74) is 0.151. The summed E-state index contributed by atoms with van der Waals surface area (Å²) in [5, 5.41) is 19.1. The van der Waals surface area contributed by atoms with Crippen LogP contribution in [-0.4, -0.2) is 42.6 Å². The molecule has 1 atom stereocenters. The van der Waals surface area contributed by atoms with Gasteiger partial charge in [0.05, 0.1) is 23.9 Å². The van der Waals surface area contributed by atoms with Crippen LogP contribution in [0.2, 0.25) is 0 Å². The van der Waals surface area contributed by atoms with Crippen LogP contribution in [-0.2, 0) is 4.74 Å². The summed E-state index contributed by atoms with van der Waals surface area (Å²) in [5.74, 6) is -0.415. The molecule has 0 amide bonds. The average molecular weight is 426 g/mol. The van der Waals surface area contributed by atoms with Crippen molar-refractivity contribution in [3.05, 3.63) is 45.7 Å². The van der Waals surface area contributed by atoms with Crippen LogP contribution in [0.4, 0.5) is 0 Å². The first-order chi connectivity index (χ1) is 14.7. The molecule has 1 aromatic carbocycles. The number of nitrogens with zero attached hydrogens (tertiary/aromatic N) is 2. The lowest BCUT2D eigenvalue weighted by Crippen LogP contribution is -2.31. The zero-order valence-electron chi connectivity index (χ0n) is 18.1. The smallest absolute Gasteiger partial charge is 0.341 e. The van der Waals surface area contributed by atoms with Crippen molar-refractivity contribution in [3.63, 3.8) is 0 Å². The number of carbonyl (C=O) groups is 1. The molecule has 1 aliphatic rings. The summed E-state index contributed by atoms with van der Waals surface area (Å²) in [6, 6.07) is 6.47. The SMILES string of the molecule is COCCCOc1cc2c(cc1C#N)-c1cc(=O)c(C(=O)O)cn1[C@H](C(C)(C)C)CO2. The number of carboxylic acid groups (broad SMARTS) is 1. The van der Waals surface area contributed by atoms with Crippen molar-refractivity contribution in [1.29, 1.82) is 5.26 Å². The fourth-order valence-corrected chi connectivity index (χ4v) is 3.57. The van der Waals surface area contributed by atoms with E-state index in [1.54, 1.807) is 23.8 Å². The van der Waals surface area contributed by atoms with Gasteiger partial charge in [0.1, 0.15) is 29.7 Å². The van der Waals surface area contributed by atoms with Gasteiger partial charge in [0, 0.05) is 44.0 Å². The molecule has 0 spiro atoms. The van der Waals surface area contributed by atoms with Gasteiger partial charge in [0.2, 0.25) is 0 Å². The molecule has 3 rings (SSSR count). The Kier molecular flexibility index (Phi) is 6.37. The Balaban J connectivity index is 2.18. The van der Waals surface area contributed by atoms with Gasteiger partial charge in [-0.3, -0.25) is 4.79 Å². The molecule has 1 aromatic heterocycles. The van der Waals surface area contributed by atoms with Crippen LogP contribution >= 0.6 is 0 Å². The molecule has 0 radical (unpaired) electrons. The number of ether oxygens (including phenoxy) is 3. The summed E-state index contributed by atoms with van der Waals surface area (Å²) < 4.78 is 18.7. The number of benzene rings is 1. The van der Waals surface area contributed by atoms with E-state index < -0.39 is 11.4 Å². The topological polar surface area (TPSA) is 111 Å². The van der Waals surface area contributed by atoms with Gasteiger partial charge in [-0.1, -0.05) is 20.8 Å². The third-order valence-electron chi connectivity index (χ3n) is 5.27. The van der Waals surface area contributed by atoms with E-state index in [0.29, 0.717) is 48.0 Å². The van der Waals surface area contributed by atoms with Crippen LogP contribution in [0.15, 0.2) is 29.2 Å². The molecule has 0 saturated carbocycles. The van der Waals surface area contributed by atoms with Gasteiger partial charge in [-0.15, -0.1) is 0 Å². The number of rotatable bonds is 6. The van der Waals surface area contributed by atoms with E-state index in [4.69, 9.17) is 14.2 Å². The van der Waals surface area contributed by atoms with E-state index in [9.17, 15) is 20.0 Å². The van der Waals surface area contributed by atoms with Crippen LogP contribution in [0, 0.1) is 16.7 Å². The largest absolute Gasteiger partial charge is 0.492 e. The number of pyridine rings is 1. The Bertz CT molecular complexity index is 1090. The normalized spacial score (nSPS) is 15.1. The van der Waals surface area contributed by atoms with Gasteiger partial charge in [-0.2, -0.15) is 5.26 Å². The predicted octanol–water partition coefficient (Wildman–Crippen LogP) is 3.48. The molecule has 0 bridgehead atoms. The Morgan fingerprint density at radius 2 is 2.06 bits per heavy atom. The quantitative estimate of drug-likeness (QED) is 0.704. The summed E-state index contributed by atoms with van der Waals surface area (Å²) in [7, 11) is 1.61. The molecule has 2 heterocycles. The van der Waals surface area contributed by atoms with E-state index in [0.717, 1.165) is 0 Å². The third kappa shape index (κ3) is 4.57. The van der Waals surface area contributed by atoms with Crippen LogP contribution in [0.25, 0.3) is 11.3 Å². The molecular formula is C23H26N2O6. The molecule has 8 heteroatoms. The first kappa shape index (κ1) is 22.4. The van der Waals surface area contributed by atoms with Crippen molar-refractivity contribution < 1.29 is 24.1 Å². The monoisotopic (exact) mass is 426 g/mol. The number of carboxylic acids is 1. The van der Waals surface area contributed by atoms with Gasteiger partial charge in [0.15, 0.2) is 5.43 Å². The zero-order valence-corrected chi connectivity index (χ0v) is 18.1.